The summed E-state index contributed by atoms with van der Waals surface area (Å²) < 4.78 is 5.23. The zero-order valence-corrected chi connectivity index (χ0v) is 10.9. The molecule has 0 heterocycles. The van der Waals surface area contributed by atoms with Gasteiger partial charge in [-0.25, -0.2) is 0 Å². The second kappa shape index (κ2) is 5.90. The molecule has 90 valence electrons. The first-order valence-electron chi connectivity index (χ1n) is 5.94. The second-order valence-electron chi connectivity index (χ2n) is 4.70. The number of methoxy groups -OCH3 is 1. The Kier molecular flexibility index (Phi) is 4.81. The van der Waals surface area contributed by atoms with Gasteiger partial charge in [-0.2, -0.15) is 0 Å². The van der Waals surface area contributed by atoms with E-state index in [0.717, 1.165) is 5.75 Å². The van der Waals surface area contributed by atoms with Gasteiger partial charge >= 0.3 is 0 Å². The molecule has 0 bridgehead atoms. The number of rotatable bonds is 5. The molecular formula is C14H23NO. The topological polar surface area (TPSA) is 21.3 Å². The highest BCUT2D eigenvalue weighted by molar-refractivity contribution is 5.30. The third kappa shape index (κ3) is 3.53. The summed E-state index contributed by atoms with van der Waals surface area (Å²) in [5.74, 6) is 1.57. The molecule has 0 aliphatic heterocycles. The number of benzene rings is 1. The molecule has 0 saturated heterocycles. The van der Waals surface area contributed by atoms with Crippen molar-refractivity contribution in [3.8, 4) is 5.75 Å². The molecule has 2 heteroatoms. The van der Waals surface area contributed by atoms with E-state index in [2.05, 4.69) is 45.1 Å². The standard InChI is InChI=1S/C14H23NO/c1-10(2)11(3)15-12(4)13-7-6-8-14(9-13)16-5/h6-12,15H,1-5H3/t11?,12-/m0/s1. The van der Waals surface area contributed by atoms with Crippen LogP contribution in [0.1, 0.15) is 39.3 Å². The molecule has 0 aliphatic carbocycles. The first-order chi connectivity index (χ1) is 7.54. The normalized spacial score (nSPS) is 14.9. The van der Waals surface area contributed by atoms with Gasteiger partial charge in [0, 0.05) is 12.1 Å². The molecule has 0 saturated carbocycles. The highest BCUT2D eigenvalue weighted by atomic mass is 16.5. The molecule has 0 radical (unpaired) electrons. The molecule has 1 aromatic carbocycles. The summed E-state index contributed by atoms with van der Waals surface area (Å²) in [6.07, 6.45) is 0. The summed E-state index contributed by atoms with van der Waals surface area (Å²) in [7, 11) is 1.70. The van der Waals surface area contributed by atoms with Gasteiger partial charge in [-0.1, -0.05) is 26.0 Å². The lowest BCUT2D eigenvalue weighted by Crippen LogP contribution is -2.32. The third-order valence-corrected chi connectivity index (χ3v) is 3.11. The fourth-order valence-corrected chi connectivity index (χ4v) is 1.59. The lowest BCUT2D eigenvalue weighted by atomic mass is 10.0. The van der Waals surface area contributed by atoms with Crippen molar-refractivity contribution in [2.45, 2.75) is 39.8 Å². The van der Waals surface area contributed by atoms with Gasteiger partial charge in [0.2, 0.25) is 0 Å². The van der Waals surface area contributed by atoms with Crippen LogP contribution in [0.25, 0.3) is 0 Å². The maximum absolute atomic E-state index is 5.23. The Morgan fingerprint density at radius 2 is 1.81 bits per heavy atom. The van der Waals surface area contributed by atoms with Gasteiger partial charge in [-0.05, 0) is 37.5 Å². The molecule has 0 aliphatic rings. The first-order valence-corrected chi connectivity index (χ1v) is 5.94. The number of hydrogen-bond donors (Lipinski definition) is 1. The Balaban J connectivity index is 2.68. The van der Waals surface area contributed by atoms with Gasteiger partial charge in [0.1, 0.15) is 5.75 Å². The van der Waals surface area contributed by atoms with E-state index < -0.39 is 0 Å². The largest absolute Gasteiger partial charge is 0.497 e. The number of ether oxygens (including phenoxy) is 1. The monoisotopic (exact) mass is 221 g/mol. The molecule has 16 heavy (non-hydrogen) atoms. The van der Waals surface area contributed by atoms with Crippen LogP contribution in [-0.4, -0.2) is 13.2 Å². The lowest BCUT2D eigenvalue weighted by molar-refractivity contribution is 0.386. The summed E-state index contributed by atoms with van der Waals surface area (Å²) in [5, 5.41) is 3.59. The first kappa shape index (κ1) is 13.0. The van der Waals surface area contributed by atoms with Crippen molar-refractivity contribution in [3.63, 3.8) is 0 Å². The molecule has 2 atom stereocenters. The zero-order valence-electron chi connectivity index (χ0n) is 10.9. The van der Waals surface area contributed by atoms with Crippen molar-refractivity contribution in [1.29, 1.82) is 0 Å². The molecule has 0 spiro atoms. The Hall–Kier alpha value is -1.02. The predicted octanol–water partition coefficient (Wildman–Crippen LogP) is 3.39. The second-order valence-corrected chi connectivity index (χ2v) is 4.70. The predicted molar refractivity (Wildman–Crippen MR) is 68.8 cm³/mol. The van der Waals surface area contributed by atoms with Crippen molar-refractivity contribution in [3.05, 3.63) is 29.8 Å². The molecule has 0 fully saturated rings. The van der Waals surface area contributed by atoms with Crippen LogP contribution in [-0.2, 0) is 0 Å². The van der Waals surface area contributed by atoms with Gasteiger partial charge in [-0.15, -0.1) is 0 Å². The minimum absolute atomic E-state index is 0.354. The number of nitrogens with one attached hydrogen (secondary N) is 1. The van der Waals surface area contributed by atoms with E-state index in [9.17, 15) is 0 Å². The van der Waals surface area contributed by atoms with Crippen molar-refractivity contribution < 1.29 is 4.74 Å². The highest BCUT2D eigenvalue weighted by Gasteiger charge is 2.12. The fraction of sp³-hybridized carbons (Fsp3) is 0.571. The molecule has 0 aromatic heterocycles. The van der Waals surface area contributed by atoms with E-state index in [1.165, 1.54) is 5.56 Å². The van der Waals surface area contributed by atoms with E-state index in [4.69, 9.17) is 4.74 Å². The molecular weight excluding hydrogens is 198 g/mol. The summed E-state index contributed by atoms with van der Waals surface area (Å²) in [6.45, 7) is 8.88. The van der Waals surface area contributed by atoms with Crippen molar-refractivity contribution in [1.82, 2.24) is 5.32 Å². The van der Waals surface area contributed by atoms with Crippen LogP contribution in [0.3, 0.4) is 0 Å². The van der Waals surface area contributed by atoms with Crippen LogP contribution >= 0.6 is 0 Å². The summed E-state index contributed by atoms with van der Waals surface area (Å²) >= 11 is 0. The molecule has 1 aromatic rings. The fourth-order valence-electron chi connectivity index (χ4n) is 1.59. The van der Waals surface area contributed by atoms with Gasteiger partial charge < -0.3 is 10.1 Å². The molecule has 2 nitrogen and oxygen atoms in total. The summed E-state index contributed by atoms with van der Waals surface area (Å²) in [6, 6.07) is 9.10. The minimum Gasteiger partial charge on any atom is -0.497 e. The molecule has 1 unspecified atom stereocenters. The van der Waals surface area contributed by atoms with Gasteiger partial charge in [0.25, 0.3) is 0 Å². The van der Waals surface area contributed by atoms with E-state index in [1.807, 2.05) is 12.1 Å². The maximum Gasteiger partial charge on any atom is 0.119 e. The number of hydrogen-bond acceptors (Lipinski definition) is 2. The Bertz CT molecular complexity index is 322. The smallest absolute Gasteiger partial charge is 0.119 e. The van der Waals surface area contributed by atoms with Crippen molar-refractivity contribution in [2.24, 2.45) is 5.92 Å². The Morgan fingerprint density at radius 1 is 1.12 bits per heavy atom. The summed E-state index contributed by atoms with van der Waals surface area (Å²) in [4.78, 5) is 0. The van der Waals surface area contributed by atoms with Crippen LogP contribution in [0.5, 0.6) is 5.75 Å². The van der Waals surface area contributed by atoms with Crippen LogP contribution in [0.15, 0.2) is 24.3 Å². The molecule has 0 amide bonds. The Labute approximate surface area is 99.0 Å². The van der Waals surface area contributed by atoms with Crippen LogP contribution in [0, 0.1) is 5.92 Å². The average Bonchev–Trinajstić information content (AvgIpc) is 2.28. The third-order valence-electron chi connectivity index (χ3n) is 3.11. The zero-order chi connectivity index (χ0) is 12.1. The van der Waals surface area contributed by atoms with Crippen molar-refractivity contribution >= 4 is 0 Å². The Morgan fingerprint density at radius 3 is 2.38 bits per heavy atom. The molecule has 1 rings (SSSR count). The van der Waals surface area contributed by atoms with Gasteiger partial charge in [0.05, 0.1) is 7.11 Å². The van der Waals surface area contributed by atoms with E-state index >= 15 is 0 Å². The maximum atomic E-state index is 5.23. The van der Waals surface area contributed by atoms with Gasteiger partial charge in [0.15, 0.2) is 0 Å². The summed E-state index contributed by atoms with van der Waals surface area (Å²) in [5.41, 5.74) is 1.27. The van der Waals surface area contributed by atoms with Crippen LogP contribution in [0.2, 0.25) is 0 Å². The van der Waals surface area contributed by atoms with Crippen LogP contribution < -0.4 is 10.1 Å². The minimum atomic E-state index is 0.354. The quantitative estimate of drug-likeness (QED) is 0.823. The van der Waals surface area contributed by atoms with Crippen LogP contribution in [0.4, 0.5) is 0 Å². The average molecular weight is 221 g/mol. The van der Waals surface area contributed by atoms with Crippen molar-refractivity contribution in [2.75, 3.05) is 7.11 Å². The van der Waals surface area contributed by atoms with E-state index in [-0.39, 0.29) is 0 Å². The van der Waals surface area contributed by atoms with E-state index in [1.54, 1.807) is 7.11 Å². The SMILES string of the molecule is COc1cccc([C@H](C)NC(C)C(C)C)c1. The molecule has 1 N–H and O–H groups in total. The highest BCUT2D eigenvalue weighted by Crippen LogP contribution is 2.19. The van der Waals surface area contributed by atoms with E-state index in [0.29, 0.717) is 18.0 Å². The van der Waals surface area contributed by atoms with Gasteiger partial charge in [-0.3, -0.25) is 0 Å². The lowest BCUT2D eigenvalue weighted by Gasteiger charge is -2.23.